The first-order valence-corrected chi connectivity index (χ1v) is 12.7. The number of aromatic nitrogens is 6. The molecule has 0 spiro atoms. The first-order valence-electron chi connectivity index (χ1n) is 12.7. The summed E-state index contributed by atoms with van der Waals surface area (Å²) >= 11 is 0. The number of hydrogen-bond acceptors (Lipinski definition) is 5. The molecular formula is C28H26F3N7. The Hall–Kier alpha value is -4.21. The van der Waals surface area contributed by atoms with E-state index in [1.807, 2.05) is 27.9 Å². The van der Waals surface area contributed by atoms with E-state index in [0.717, 1.165) is 64.5 Å². The molecule has 5 heterocycles. The van der Waals surface area contributed by atoms with Crippen molar-refractivity contribution in [2.75, 3.05) is 11.4 Å². The number of aryl methyl sites for hydroxylation is 2. The van der Waals surface area contributed by atoms with E-state index in [-0.39, 0.29) is 5.95 Å². The summed E-state index contributed by atoms with van der Waals surface area (Å²) in [5, 5.41) is 6.11. The van der Waals surface area contributed by atoms with Gasteiger partial charge in [-0.1, -0.05) is 32.0 Å². The van der Waals surface area contributed by atoms with E-state index in [4.69, 9.17) is 10.1 Å². The van der Waals surface area contributed by atoms with Gasteiger partial charge in [-0.05, 0) is 36.1 Å². The van der Waals surface area contributed by atoms with E-state index in [1.165, 1.54) is 11.1 Å². The third-order valence-corrected chi connectivity index (χ3v) is 7.16. The molecule has 0 unspecified atom stereocenters. The summed E-state index contributed by atoms with van der Waals surface area (Å²) in [6.07, 6.45) is 3.18. The van der Waals surface area contributed by atoms with Crippen molar-refractivity contribution in [1.29, 1.82) is 0 Å². The Bertz CT molecular complexity index is 1590. The molecule has 7 nitrogen and oxygen atoms in total. The van der Waals surface area contributed by atoms with Gasteiger partial charge in [0.2, 0.25) is 5.95 Å². The molecular weight excluding hydrogens is 491 g/mol. The Kier molecular flexibility index (Phi) is 5.89. The third kappa shape index (κ3) is 4.00. The molecule has 1 aliphatic heterocycles. The van der Waals surface area contributed by atoms with Crippen LogP contribution in [0.4, 0.5) is 19.1 Å². The lowest BCUT2D eigenvalue weighted by atomic mass is 10.00. The number of anilines is 1. The number of hydrogen-bond donors (Lipinski definition) is 1. The second-order valence-corrected chi connectivity index (χ2v) is 9.36. The third-order valence-electron chi connectivity index (χ3n) is 7.16. The first kappa shape index (κ1) is 24.1. The fraction of sp³-hybridized carbons (Fsp3) is 0.286. The predicted octanol–water partition coefficient (Wildman–Crippen LogP) is 5.91. The highest BCUT2D eigenvalue weighted by atomic mass is 19.4. The summed E-state index contributed by atoms with van der Waals surface area (Å²) in [5.74, 6) is 0.262. The lowest BCUT2D eigenvalue weighted by Gasteiger charge is -2.27. The second-order valence-electron chi connectivity index (χ2n) is 9.36. The molecule has 1 N–H and O–H groups in total. The van der Waals surface area contributed by atoms with Crippen molar-refractivity contribution in [3.8, 4) is 17.1 Å². The molecule has 5 aromatic rings. The Morgan fingerprint density at radius 2 is 1.71 bits per heavy atom. The van der Waals surface area contributed by atoms with E-state index in [0.29, 0.717) is 19.5 Å². The molecule has 6 rings (SSSR count). The zero-order chi connectivity index (χ0) is 26.4. The van der Waals surface area contributed by atoms with Crippen LogP contribution in [0.1, 0.15) is 41.8 Å². The first-order chi connectivity index (χ1) is 18.4. The number of pyridine rings is 1. The van der Waals surface area contributed by atoms with Gasteiger partial charge in [0, 0.05) is 60.8 Å². The zero-order valence-corrected chi connectivity index (χ0v) is 21.0. The summed E-state index contributed by atoms with van der Waals surface area (Å²) in [6, 6.07) is 10.3. The molecule has 38 heavy (non-hydrogen) atoms. The van der Waals surface area contributed by atoms with Gasteiger partial charge >= 0.3 is 6.18 Å². The average Bonchev–Trinajstić information content (AvgIpc) is 3.56. The molecule has 0 amide bonds. The van der Waals surface area contributed by atoms with Gasteiger partial charge in [0.15, 0.2) is 0 Å². The standard InChI is InChI=1S/C28H26F3N7/c1-3-17-6-5-7-18(4-2)25(17)38-26(24-20-8-11-32-22(20)9-12-33-24)21-16-37(13-10-23(21)36-38)27-34-14-19(15-35-27)28(29,30)31/h5-9,11-12,14-15,32H,3-4,10,13,16H2,1-2H3. The van der Waals surface area contributed by atoms with Crippen LogP contribution < -0.4 is 4.90 Å². The van der Waals surface area contributed by atoms with E-state index in [2.05, 4.69) is 47.0 Å². The monoisotopic (exact) mass is 517 g/mol. The number of alkyl halides is 3. The lowest BCUT2D eigenvalue weighted by molar-refractivity contribution is -0.138. The van der Waals surface area contributed by atoms with Crippen LogP contribution in [0.25, 0.3) is 28.0 Å². The molecule has 0 saturated heterocycles. The highest BCUT2D eigenvalue weighted by Crippen LogP contribution is 2.37. The molecule has 0 radical (unpaired) electrons. The van der Waals surface area contributed by atoms with Gasteiger partial charge in [0.25, 0.3) is 0 Å². The molecule has 194 valence electrons. The van der Waals surface area contributed by atoms with Crippen LogP contribution in [0.5, 0.6) is 0 Å². The predicted molar refractivity (Wildman–Crippen MR) is 139 cm³/mol. The number of aromatic amines is 1. The van der Waals surface area contributed by atoms with Crippen molar-refractivity contribution < 1.29 is 13.2 Å². The molecule has 0 atom stereocenters. The second kappa shape index (κ2) is 9.27. The molecule has 1 aliphatic rings. The number of para-hydroxylation sites is 1. The topological polar surface area (TPSA) is 75.5 Å². The van der Waals surface area contributed by atoms with Crippen molar-refractivity contribution in [3.05, 3.63) is 83.1 Å². The molecule has 1 aromatic carbocycles. The van der Waals surface area contributed by atoms with Crippen molar-refractivity contribution in [2.24, 2.45) is 0 Å². The number of benzene rings is 1. The highest BCUT2D eigenvalue weighted by Gasteiger charge is 2.33. The fourth-order valence-corrected chi connectivity index (χ4v) is 5.24. The van der Waals surface area contributed by atoms with E-state index >= 15 is 0 Å². The summed E-state index contributed by atoms with van der Waals surface area (Å²) in [5.41, 5.74) is 7.17. The van der Waals surface area contributed by atoms with E-state index < -0.39 is 11.7 Å². The minimum absolute atomic E-state index is 0.262. The van der Waals surface area contributed by atoms with Crippen LogP contribution in [0.3, 0.4) is 0 Å². The smallest absolute Gasteiger partial charge is 0.361 e. The average molecular weight is 518 g/mol. The van der Waals surface area contributed by atoms with Gasteiger partial charge in [-0.2, -0.15) is 18.3 Å². The Balaban J connectivity index is 1.53. The summed E-state index contributed by atoms with van der Waals surface area (Å²) in [7, 11) is 0. The molecule has 10 heteroatoms. The van der Waals surface area contributed by atoms with Gasteiger partial charge in [-0.15, -0.1) is 0 Å². The van der Waals surface area contributed by atoms with Crippen molar-refractivity contribution in [1.82, 2.24) is 29.7 Å². The molecule has 0 saturated carbocycles. The van der Waals surface area contributed by atoms with Crippen molar-refractivity contribution in [3.63, 3.8) is 0 Å². The van der Waals surface area contributed by atoms with Crippen LogP contribution in [-0.2, 0) is 32.0 Å². The number of rotatable bonds is 5. The van der Waals surface area contributed by atoms with Crippen LogP contribution in [-0.4, -0.2) is 36.3 Å². The minimum Gasteiger partial charge on any atom is -0.361 e. The lowest BCUT2D eigenvalue weighted by Crippen LogP contribution is -2.31. The summed E-state index contributed by atoms with van der Waals surface area (Å²) < 4.78 is 41.3. The Morgan fingerprint density at radius 1 is 0.974 bits per heavy atom. The van der Waals surface area contributed by atoms with Crippen LogP contribution in [0.2, 0.25) is 0 Å². The Morgan fingerprint density at radius 3 is 2.39 bits per heavy atom. The maximum absolute atomic E-state index is 13.1. The Labute approximate surface area is 217 Å². The molecule has 0 aliphatic carbocycles. The van der Waals surface area contributed by atoms with E-state index in [1.54, 1.807) is 6.20 Å². The maximum atomic E-state index is 13.1. The SMILES string of the molecule is CCc1cccc(CC)c1-n1nc2c(c1-c1nccc3[nH]ccc13)CN(c1ncc(C(F)(F)F)cn1)CC2. The largest absolute Gasteiger partial charge is 0.419 e. The number of nitrogens with zero attached hydrogens (tertiary/aromatic N) is 6. The van der Waals surface area contributed by atoms with Gasteiger partial charge in [-0.25, -0.2) is 14.6 Å². The normalized spacial score (nSPS) is 13.8. The number of nitrogens with one attached hydrogen (secondary N) is 1. The van der Waals surface area contributed by atoms with Crippen molar-refractivity contribution in [2.45, 2.75) is 45.8 Å². The molecule has 4 aromatic heterocycles. The minimum atomic E-state index is -4.48. The molecule has 0 bridgehead atoms. The van der Waals surface area contributed by atoms with Crippen LogP contribution >= 0.6 is 0 Å². The van der Waals surface area contributed by atoms with Gasteiger partial charge < -0.3 is 9.88 Å². The van der Waals surface area contributed by atoms with Gasteiger partial charge in [-0.3, -0.25) is 4.98 Å². The van der Waals surface area contributed by atoms with Crippen LogP contribution in [0, 0.1) is 0 Å². The van der Waals surface area contributed by atoms with Crippen molar-refractivity contribution >= 4 is 16.9 Å². The van der Waals surface area contributed by atoms with Gasteiger partial charge in [0.1, 0.15) is 0 Å². The summed E-state index contributed by atoms with van der Waals surface area (Å²) in [6.45, 7) is 5.23. The quantitative estimate of drug-likeness (QED) is 0.314. The van der Waals surface area contributed by atoms with E-state index in [9.17, 15) is 13.2 Å². The molecule has 0 fully saturated rings. The number of H-pyrrole nitrogens is 1. The maximum Gasteiger partial charge on any atom is 0.419 e. The van der Waals surface area contributed by atoms with Gasteiger partial charge in [0.05, 0.1) is 28.3 Å². The summed E-state index contributed by atoms with van der Waals surface area (Å²) in [4.78, 5) is 18.1. The zero-order valence-electron chi connectivity index (χ0n) is 21.0. The fourth-order valence-electron chi connectivity index (χ4n) is 5.24. The number of fused-ring (bicyclic) bond motifs is 2. The highest BCUT2D eigenvalue weighted by molar-refractivity contribution is 5.93. The number of halogens is 3. The van der Waals surface area contributed by atoms with Crippen LogP contribution in [0.15, 0.2) is 55.1 Å².